The number of aliphatic carboxylic acids is 1. The van der Waals surface area contributed by atoms with Gasteiger partial charge in [0, 0.05) is 29.5 Å². The topological polar surface area (TPSA) is 98.3 Å². The van der Waals surface area contributed by atoms with Crippen molar-refractivity contribution in [2.24, 2.45) is 0 Å². The van der Waals surface area contributed by atoms with Crippen molar-refractivity contribution >= 4 is 12.0 Å². The average molecular weight is 337 g/mol. The number of aryl methyl sites for hydroxylation is 1. The van der Waals surface area contributed by atoms with E-state index in [1.165, 1.54) is 13.0 Å². The molecule has 7 nitrogen and oxygen atoms in total. The fourth-order valence-corrected chi connectivity index (χ4v) is 2.08. The van der Waals surface area contributed by atoms with Crippen molar-refractivity contribution in [2.45, 2.75) is 13.8 Å². The van der Waals surface area contributed by atoms with Gasteiger partial charge in [-0.3, -0.25) is 0 Å². The molecule has 0 amide bonds. The van der Waals surface area contributed by atoms with Crippen molar-refractivity contribution in [3.63, 3.8) is 0 Å². The maximum absolute atomic E-state index is 10.8. The first-order valence-electron chi connectivity index (χ1n) is 7.48. The van der Waals surface area contributed by atoms with Crippen molar-refractivity contribution in [1.29, 1.82) is 0 Å². The predicted molar refractivity (Wildman–Crippen MR) is 90.1 cm³/mol. The van der Waals surface area contributed by atoms with Gasteiger partial charge < -0.3 is 14.4 Å². The van der Waals surface area contributed by atoms with Gasteiger partial charge in [-0.15, -0.1) is 0 Å². The molecule has 126 valence electrons. The zero-order chi connectivity index (χ0) is 17.8. The fourth-order valence-electron chi connectivity index (χ4n) is 2.08. The van der Waals surface area contributed by atoms with E-state index in [9.17, 15) is 4.79 Å². The third-order valence-corrected chi connectivity index (χ3v) is 3.40. The lowest BCUT2D eigenvalue weighted by Crippen LogP contribution is -1.95. The normalized spacial score (nSPS) is 11.4. The highest BCUT2D eigenvalue weighted by Crippen LogP contribution is 2.27. The number of aromatic nitrogens is 3. The van der Waals surface area contributed by atoms with Crippen molar-refractivity contribution in [2.75, 3.05) is 0 Å². The van der Waals surface area contributed by atoms with Crippen LogP contribution in [0.5, 0.6) is 11.6 Å². The van der Waals surface area contributed by atoms with E-state index in [0.717, 1.165) is 11.1 Å². The molecule has 25 heavy (non-hydrogen) atoms. The lowest BCUT2D eigenvalue weighted by atomic mass is 10.1. The number of nitrogens with zero attached hydrogens (tertiary/aromatic N) is 3. The molecule has 2 heterocycles. The van der Waals surface area contributed by atoms with Crippen LogP contribution in [-0.4, -0.2) is 26.2 Å². The first kappa shape index (κ1) is 16.4. The molecular weight excluding hydrogens is 322 g/mol. The molecule has 0 spiro atoms. The quantitative estimate of drug-likeness (QED) is 0.708. The molecule has 0 fully saturated rings. The molecule has 0 saturated carbocycles. The van der Waals surface area contributed by atoms with Gasteiger partial charge in [0.15, 0.2) is 0 Å². The summed E-state index contributed by atoms with van der Waals surface area (Å²) >= 11 is 0. The minimum absolute atomic E-state index is 0.116. The number of carboxylic acid groups (broad SMARTS) is 1. The molecule has 2 aromatic heterocycles. The van der Waals surface area contributed by atoms with E-state index in [0.29, 0.717) is 17.5 Å². The summed E-state index contributed by atoms with van der Waals surface area (Å²) in [5.41, 5.74) is 1.74. The molecule has 1 aromatic carbocycles. The third kappa shape index (κ3) is 3.89. The number of pyridine rings is 1. The van der Waals surface area contributed by atoms with E-state index in [1.54, 1.807) is 24.4 Å². The van der Waals surface area contributed by atoms with Crippen LogP contribution in [0.15, 0.2) is 52.7 Å². The van der Waals surface area contributed by atoms with Gasteiger partial charge in [-0.1, -0.05) is 11.2 Å². The predicted octanol–water partition coefficient (Wildman–Crippen LogP) is 3.72. The van der Waals surface area contributed by atoms with Gasteiger partial charge in [-0.05, 0) is 43.7 Å². The second-order valence-electron chi connectivity index (χ2n) is 5.34. The fraction of sp³-hybridized carbons (Fsp3) is 0.111. The van der Waals surface area contributed by atoms with Crippen LogP contribution in [-0.2, 0) is 4.79 Å². The SMILES string of the molecule is CC(=Cc1nc(-c2ccc(Oc3ccccn3)c(C)c2)no1)C(=O)O. The van der Waals surface area contributed by atoms with E-state index >= 15 is 0 Å². The molecule has 0 aliphatic heterocycles. The summed E-state index contributed by atoms with van der Waals surface area (Å²) in [6, 6.07) is 10.9. The van der Waals surface area contributed by atoms with Crippen LogP contribution < -0.4 is 4.74 Å². The minimum Gasteiger partial charge on any atom is -0.478 e. The number of carboxylic acids is 1. The van der Waals surface area contributed by atoms with Crippen LogP contribution in [0.25, 0.3) is 17.5 Å². The number of rotatable bonds is 5. The molecule has 0 saturated heterocycles. The van der Waals surface area contributed by atoms with Crippen molar-refractivity contribution in [3.05, 3.63) is 59.6 Å². The van der Waals surface area contributed by atoms with Gasteiger partial charge in [-0.25, -0.2) is 9.78 Å². The number of hydrogen-bond acceptors (Lipinski definition) is 6. The van der Waals surface area contributed by atoms with E-state index in [4.69, 9.17) is 14.4 Å². The Morgan fingerprint density at radius 2 is 2.12 bits per heavy atom. The minimum atomic E-state index is -1.04. The summed E-state index contributed by atoms with van der Waals surface area (Å²) in [5.74, 6) is 0.659. The van der Waals surface area contributed by atoms with Crippen molar-refractivity contribution in [1.82, 2.24) is 15.1 Å². The molecule has 3 rings (SSSR count). The van der Waals surface area contributed by atoms with Gasteiger partial charge >= 0.3 is 5.97 Å². The smallest absolute Gasteiger partial charge is 0.331 e. The summed E-state index contributed by atoms with van der Waals surface area (Å²) in [6.45, 7) is 3.36. The Labute approximate surface area is 143 Å². The Morgan fingerprint density at radius 3 is 2.80 bits per heavy atom. The molecule has 0 aliphatic carbocycles. The van der Waals surface area contributed by atoms with Crippen molar-refractivity contribution in [3.8, 4) is 23.0 Å². The van der Waals surface area contributed by atoms with Gasteiger partial charge in [0.2, 0.25) is 11.7 Å². The lowest BCUT2D eigenvalue weighted by Gasteiger charge is -2.08. The van der Waals surface area contributed by atoms with E-state index in [2.05, 4.69) is 15.1 Å². The second kappa shape index (κ2) is 6.96. The van der Waals surface area contributed by atoms with Gasteiger partial charge in [0.05, 0.1) is 0 Å². The van der Waals surface area contributed by atoms with Crippen LogP contribution in [0.3, 0.4) is 0 Å². The Kier molecular flexibility index (Phi) is 4.56. The van der Waals surface area contributed by atoms with Gasteiger partial charge in [0.25, 0.3) is 5.89 Å². The van der Waals surface area contributed by atoms with Crippen LogP contribution in [0.1, 0.15) is 18.4 Å². The Morgan fingerprint density at radius 1 is 1.28 bits per heavy atom. The highest BCUT2D eigenvalue weighted by molar-refractivity contribution is 5.90. The van der Waals surface area contributed by atoms with Gasteiger partial charge in [0.1, 0.15) is 5.75 Å². The molecular formula is C18H15N3O4. The number of carbonyl (C=O) groups is 1. The summed E-state index contributed by atoms with van der Waals surface area (Å²) in [5, 5.41) is 12.8. The summed E-state index contributed by atoms with van der Waals surface area (Å²) in [6.07, 6.45) is 2.98. The lowest BCUT2D eigenvalue weighted by molar-refractivity contribution is -0.132. The summed E-state index contributed by atoms with van der Waals surface area (Å²) in [7, 11) is 0. The molecule has 0 unspecified atom stereocenters. The maximum Gasteiger partial charge on any atom is 0.331 e. The molecule has 0 radical (unpaired) electrons. The first-order chi connectivity index (χ1) is 12.0. The van der Waals surface area contributed by atoms with Crippen LogP contribution in [0.4, 0.5) is 0 Å². The number of benzene rings is 1. The van der Waals surface area contributed by atoms with E-state index in [-0.39, 0.29) is 11.5 Å². The van der Waals surface area contributed by atoms with Crippen molar-refractivity contribution < 1.29 is 19.2 Å². The zero-order valence-electron chi connectivity index (χ0n) is 13.6. The molecule has 0 aliphatic rings. The molecule has 0 atom stereocenters. The molecule has 1 N–H and O–H groups in total. The Hall–Kier alpha value is -3.48. The average Bonchev–Trinajstić information content (AvgIpc) is 3.06. The molecule has 0 bridgehead atoms. The highest BCUT2D eigenvalue weighted by Gasteiger charge is 2.11. The van der Waals surface area contributed by atoms with Crippen LogP contribution in [0.2, 0.25) is 0 Å². The largest absolute Gasteiger partial charge is 0.478 e. The second-order valence-corrected chi connectivity index (χ2v) is 5.34. The molecule has 7 heteroatoms. The number of ether oxygens (including phenoxy) is 1. The van der Waals surface area contributed by atoms with Gasteiger partial charge in [-0.2, -0.15) is 4.98 Å². The van der Waals surface area contributed by atoms with Crippen LogP contribution in [0, 0.1) is 6.92 Å². The standard InChI is InChI=1S/C18H15N3O4/c1-11-9-13(6-7-14(11)24-15-5-3-4-8-19-15)17-20-16(25-21-17)10-12(2)18(22)23/h3-10H,1-2H3,(H,22,23). The summed E-state index contributed by atoms with van der Waals surface area (Å²) in [4.78, 5) is 19.1. The Balaban J connectivity index is 1.82. The van der Waals surface area contributed by atoms with E-state index < -0.39 is 5.97 Å². The Bertz CT molecular complexity index is 933. The maximum atomic E-state index is 10.8. The molecule has 3 aromatic rings. The first-order valence-corrected chi connectivity index (χ1v) is 7.48. The monoisotopic (exact) mass is 337 g/mol. The number of hydrogen-bond donors (Lipinski definition) is 1. The van der Waals surface area contributed by atoms with E-state index in [1.807, 2.05) is 25.1 Å². The van der Waals surface area contributed by atoms with Crippen LogP contribution >= 0.6 is 0 Å². The summed E-state index contributed by atoms with van der Waals surface area (Å²) < 4.78 is 10.8. The third-order valence-electron chi connectivity index (χ3n) is 3.40. The zero-order valence-corrected chi connectivity index (χ0v) is 13.6. The highest BCUT2D eigenvalue weighted by atomic mass is 16.5.